The fraction of sp³-hybridized carbons (Fsp3) is 0.727. The van der Waals surface area contributed by atoms with E-state index in [0.29, 0.717) is 12.2 Å². The van der Waals surface area contributed by atoms with Crippen molar-refractivity contribution in [2.24, 2.45) is 23.2 Å². The number of benzene rings is 1. The van der Waals surface area contributed by atoms with E-state index in [0.717, 1.165) is 50.0 Å². The Morgan fingerprint density at radius 3 is 2.36 bits per heavy atom. The molecule has 3 nitrogen and oxygen atoms in total. The molecule has 0 radical (unpaired) electrons. The predicted molar refractivity (Wildman–Crippen MR) is 149 cm³/mol. The lowest BCUT2D eigenvalue weighted by Crippen LogP contribution is -2.38. The second kappa shape index (κ2) is 12.7. The van der Waals surface area contributed by atoms with Gasteiger partial charge in [-0.15, -0.1) is 0 Å². The number of ketones is 3. The fourth-order valence-electron chi connectivity index (χ4n) is 7.26. The van der Waals surface area contributed by atoms with Gasteiger partial charge in [-0.25, -0.2) is 0 Å². The Morgan fingerprint density at radius 1 is 1.06 bits per heavy atom. The number of hydrogen-bond donors (Lipinski definition) is 0. The average Bonchev–Trinajstić information content (AvgIpc) is 2.84. The highest BCUT2D eigenvalue weighted by atomic mass is 16.1. The van der Waals surface area contributed by atoms with Crippen molar-refractivity contribution in [3.8, 4) is 0 Å². The molecule has 3 heteroatoms. The third-order valence-corrected chi connectivity index (χ3v) is 9.75. The van der Waals surface area contributed by atoms with E-state index in [4.69, 9.17) is 0 Å². The van der Waals surface area contributed by atoms with E-state index in [9.17, 15) is 14.4 Å². The summed E-state index contributed by atoms with van der Waals surface area (Å²) < 4.78 is 0. The minimum atomic E-state index is -0.501. The molecule has 0 spiro atoms. The lowest BCUT2D eigenvalue weighted by Gasteiger charge is -2.39. The third-order valence-electron chi connectivity index (χ3n) is 9.75. The quantitative estimate of drug-likeness (QED) is 0.274. The molecule has 1 aromatic rings. The van der Waals surface area contributed by atoms with Gasteiger partial charge in [0.1, 0.15) is 11.6 Å². The van der Waals surface area contributed by atoms with Gasteiger partial charge >= 0.3 is 0 Å². The molecule has 2 aliphatic rings. The summed E-state index contributed by atoms with van der Waals surface area (Å²) in [5, 5.41) is 0. The largest absolute Gasteiger partial charge is 0.300 e. The van der Waals surface area contributed by atoms with Gasteiger partial charge in [0.2, 0.25) is 0 Å². The molecule has 0 heterocycles. The van der Waals surface area contributed by atoms with Crippen LogP contribution in [0.15, 0.2) is 6.07 Å². The maximum atomic E-state index is 13.6. The topological polar surface area (TPSA) is 51.2 Å². The SMILES string of the molecule is CCCC(CC1CC(=O)c2c(C)c(CCC3CCCCC3)cc(C)c2C1)C(C)(CC)C(=O)CC(C)=O. The molecule has 0 N–H and O–H groups in total. The standard InChI is InChI=1S/C33H50O3/c1-7-12-28(33(6,8-2)31(36)18-23(4)34)19-26-20-29-22(3)17-27(24(5)32(29)30(35)21-26)16-15-25-13-10-9-11-14-25/h17,25-26,28H,7-16,18-21H2,1-6H3. The first kappa shape index (κ1) is 28.8. The predicted octanol–water partition coefficient (Wildman–Crippen LogP) is 8.33. The summed E-state index contributed by atoms with van der Waals surface area (Å²) in [5.41, 5.74) is 5.61. The highest BCUT2D eigenvalue weighted by molar-refractivity contribution is 6.01. The zero-order valence-corrected chi connectivity index (χ0v) is 23.9. The normalized spacial score (nSPS) is 21.1. The number of carbonyl (C=O) groups excluding carboxylic acids is 3. The first-order valence-electron chi connectivity index (χ1n) is 14.8. The van der Waals surface area contributed by atoms with Crippen molar-refractivity contribution in [3.63, 3.8) is 0 Å². The molecule has 0 saturated heterocycles. The van der Waals surface area contributed by atoms with Crippen molar-refractivity contribution in [1.82, 2.24) is 0 Å². The molecule has 0 bridgehead atoms. The van der Waals surface area contributed by atoms with Crippen molar-refractivity contribution in [2.75, 3.05) is 0 Å². The van der Waals surface area contributed by atoms with E-state index in [-0.39, 0.29) is 29.8 Å². The van der Waals surface area contributed by atoms with Gasteiger partial charge in [0, 0.05) is 17.4 Å². The number of carbonyl (C=O) groups is 3. The van der Waals surface area contributed by atoms with Gasteiger partial charge in [0.05, 0.1) is 6.42 Å². The van der Waals surface area contributed by atoms with Crippen LogP contribution in [0.2, 0.25) is 0 Å². The minimum Gasteiger partial charge on any atom is -0.300 e. The molecule has 3 unspecified atom stereocenters. The molecule has 1 saturated carbocycles. The average molecular weight is 495 g/mol. The van der Waals surface area contributed by atoms with Crippen LogP contribution in [0.25, 0.3) is 0 Å². The summed E-state index contributed by atoms with van der Waals surface area (Å²) in [4.78, 5) is 38.4. The fourth-order valence-corrected chi connectivity index (χ4v) is 7.26. The van der Waals surface area contributed by atoms with Crippen molar-refractivity contribution in [1.29, 1.82) is 0 Å². The zero-order chi connectivity index (χ0) is 26.5. The Hall–Kier alpha value is -1.77. The third kappa shape index (κ3) is 6.56. The van der Waals surface area contributed by atoms with Crippen LogP contribution in [-0.4, -0.2) is 17.3 Å². The molecular weight excluding hydrogens is 444 g/mol. The first-order valence-corrected chi connectivity index (χ1v) is 14.8. The zero-order valence-electron chi connectivity index (χ0n) is 23.9. The Morgan fingerprint density at radius 2 is 1.75 bits per heavy atom. The van der Waals surface area contributed by atoms with Crippen LogP contribution in [-0.2, 0) is 22.4 Å². The van der Waals surface area contributed by atoms with Crippen LogP contribution in [0.3, 0.4) is 0 Å². The summed E-state index contributed by atoms with van der Waals surface area (Å²) in [6.07, 6.45) is 14.4. The molecule has 3 rings (SSSR count). The van der Waals surface area contributed by atoms with Gasteiger partial charge < -0.3 is 0 Å². The first-order chi connectivity index (χ1) is 17.1. The summed E-state index contributed by atoms with van der Waals surface area (Å²) in [6.45, 7) is 12.2. The number of hydrogen-bond acceptors (Lipinski definition) is 3. The molecule has 0 amide bonds. The van der Waals surface area contributed by atoms with E-state index in [2.05, 4.69) is 40.7 Å². The highest BCUT2D eigenvalue weighted by Gasteiger charge is 2.41. The molecular formula is C33H50O3. The van der Waals surface area contributed by atoms with Crippen molar-refractivity contribution in [2.45, 2.75) is 131 Å². The van der Waals surface area contributed by atoms with E-state index in [1.165, 1.54) is 67.7 Å². The second-order valence-electron chi connectivity index (χ2n) is 12.4. The van der Waals surface area contributed by atoms with Crippen molar-refractivity contribution < 1.29 is 14.4 Å². The summed E-state index contributed by atoms with van der Waals surface area (Å²) in [6, 6.07) is 2.36. The molecule has 3 atom stereocenters. The lowest BCUT2D eigenvalue weighted by atomic mass is 9.64. The van der Waals surface area contributed by atoms with E-state index in [1.54, 1.807) is 0 Å². The Balaban J connectivity index is 1.79. The lowest BCUT2D eigenvalue weighted by molar-refractivity contribution is -0.135. The number of rotatable bonds is 12. The Bertz CT molecular complexity index is 952. The highest BCUT2D eigenvalue weighted by Crippen LogP contribution is 2.43. The maximum absolute atomic E-state index is 13.6. The van der Waals surface area contributed by atoms with Crippen LogP contribution in [0.5, 0.6) is 0 Å². The van der Waals surface area contributed by atoms with E-state index < -0.39 is 5.41 Å². The summed E-state index contributed by atoms with van der Waals surface area (Å²) in [5.74, 6) is 1.64. The maximum Gasteiger partial charge on any atom is 0.163 e. The van der Waals surface area contributed by atoms with Gasteiger partial charge in [-0.1, -0.05) is 65.4 Å². The summed E-state index contributed by atoms with van der Waals surface area (Å²) >= 11 is 0. The molecule has 36 heavy (non-hydrogen) atoms. The summed E-state index contributed by atoms with van der Waals surface area (Å²) in [7, 11) is 0. The molecule has 2 aliphatic carbocycles. The smallest absolute Gasteiger partial charge is 0.163 e. The molecule has 200 valence electrons. The molecule has 1 aromatic carbocycles. The minimum absolute atomic E-state index is 0.0267. The van der Waals surface area contributed by atoms with Crippen molar-refractivity contribution in [3.05, 3.63) is 33.9 Å². The van der Waals surface area contributed by atoms with Crippen LogP contribution in [0.1, 0.15) is 137 Å². The number of Topliss-reactive ketones (excluding diaryl/α,β-unsaturated/α-hetero) is 3. The monoisotopic (exact) mass is 494 g/mol. The number of aryl methyl sites for hydroxylation is 2. The van der Waals surface area contributed by atoms with Crippen LogP contribution in [0, 0.1) is 37.0 Å². The Labute approximate surface area is 220 Å². The van der Waals surface area contributed by atoms with Gasteiger partial charge in [0.15, 0.2) is 5.78 Å². The number of fused-ring (bicyclic) bond motifs is 1. The van der Waals surface area contributed by atoms with Crippen LogP contribution in [0.4, 0.5) is 0 Å². The molecule has 0 aromatic heterocycles. The van der Waals surface area contributed by atoms with Crippen LogP contribution < -0.4 is 0 Å². The Kier molecular flexibility index (Phi) is 10.1. The molecule has 0 aliphatic heterocycles. The van der Waals surface area contributed by atoms with Gasteiger partial charge in [-0.3, -0.25) is 14.4 Å². The second-order valence-corrected chi connectivity index (χ2v) is 12.4. The van der Waals surface area contributed by atoms with E-state index >= 15 is 0 Å². The van der Waals surface area contributed by atoms with Crippen molar-refractivity contribution >= 4 is 17.3 Å². The van der Waals surface area contributed by atoms with Gasteiger partial charge in [0.25, 0.3) is 0 Å². The van der Waals surface area contributed by atoms with Crippen LogP contribution >= 0.6 is 0 Å². The van der Waals surface area contributed by atoms with E-state index in [1.807, 2.05) is 0 Å². The van der Waals surface area contributed by atoms with Gasteiger partial charge in [-0.2, -0.15) is 0 Å². The molecule has 1 fully saturated rings. The van der Waals surface area contributed by atoms with Gasteiger partial charge in [-0.05, 0) is 99.3 Å².